The van der Waals surface area contributed by atoms with Gasteiger partial charge in [0.05, 0.1) is 17.4 Å². The summed E-state index contributed by atoms with van der Waals surface area (Å²) < 4.78 is 14.1. The van der Waals surface area contributed by atoms with Crippen LogP contribution < -0.4 is 15.5 Å². The number of allylic oxidation sites excluding steroid dienone is 2. The fourth-order valence-electron chi connectivity index (χ4n) is 2.58. The summed E-state index contributed by atoms with van der Waals surface area (Å²) in [6, 6.07) is 7.18. The van der Waals surface area contributed by atoms with Crippen LogP contribution in [0.1, 0.15) is 25.3 Å². The summed E-state index contributed by atoms with van der Waals surface area (Å²) in [5.41, 5.74) is 2.99. The quantitative estimate of drug-likeness (QED) is 0.735. The predicted octanol–water partition coefficient (Wildman–Crippen LogP) is 3.22. The standard InChI is InChI=1S/C20H23N3O2S/c1-3-16(23-26(2)25)8-6-14-7-9-19-18(20(24)10-14)11-17(13-22-19)21-12-15-4-5-15/h3,6-11,13,15,21,23H,4-5,12H2,1-2H3/b8-6-,16-3+. The average Bonchev–Trinajstić information content (AvgIpc) is 3.45. The van der Waals surface area contributed by atoms with E-state index in [9.17, 15) is 9.00 Å². The van der Waals surface area contributed by atoms with Crippen molar-refractivity contribution in [3.8, 4) is 0 Å². The molecule has 2 aromatic rings. The van der Waals surface area contributed by atoms with E-state index in [1.807, 2.05) is 37.3 Å². The SMILES string of the molecule is C/C=C(\C=C/c1ccc2ncc(NCC3CC3)cc2c(=O)c1)NS(C)=O. The number of pyridine rings is 1. The fourth-order valence-corrected chi connectivity index (χ4v) is 3.10. The van der Waals surface area contributed by atoms with Gasteiger partial charge in [-0.15, -0.1) is 0 Å². The summed E-state index contributed by atoms with van der Waals surface area (Å²) in [7, 11) is -1.14. The van der Waals surface area contributed by atoms with E-state index in [1.54, 1.807) is 24.6 Å². The minimum Gasteiger partial charge on any atom is -0.384 e. The lowest BCUT2D eigenvalue weighted by Gasteiger charge is -2.04. The van der Waals surface area contributed by atoms with Crippen LogP contribution in [0.5, 0.6) is 0 Å². The van der Waals surface area contributed by atoms with Gasteiger partial charge >= 0.3 is 0 Å². The van der Waals surface area contributed by atoms with E-state index in [0.29, 0.717) is 10.9 Å². The molecule has 1 saturated carbocycles. The molecule has 0 bridgehead atoms. The first-order chi connectivity index (χ1) is 12.5. The monoisotopic (exact) mass is 369 g/mol. The highest BCUT2D eigenvalue weighted by Gasteiger charge is 2.20. The van der Waals surface area contributed by atoms with Gasteiger partial charge in [-0.1, -0.05) is 18.2 Å². The summed E-state index contributed by atoms with van der Waals surface area (Å²) in [4.78, 5) is 17.0. The molecule has 1 atom stereocenters. The first kappa shape index (κ1) is 18.3. The molecule has 3 rings (SSSR count). The van der Waals surface area contributed by atoms with Gasteiger partial charge in [-0.2, -0.15) is 0 Å². The fraction of sp³-hybridized carbons (Fsp3) is 0.300. The molecule has 136 valence electrons. The van der Waals surface area contributed by atoms with Crippen molar-refractivity contribution in [1.29, 1.82) is 0 Å². The van der Waals surface area contributed by atoms with Crippen molar-refractivity contribution in [3.63, 3.8) is 0 Å². The van der Waals surface area contributed by atoms with Gasteiger partial charge in [-0.3, -0.25) is 9.78 Å². The number of nitrogens with zero attached hydrogens (tertiary/aromatic N) is 1. The number of hydrogen-bond donors (Lipinski definition) is 2. The molecule has 1 unspecified atom stereocenters. The normalized spacial score (nSPS) is 16.0. The molecule has 1 fully saturated rings. The van der Waals surface area contributed by atoms with Crippen LogP contribution in [-0.2, 0) is 11.0 Å². The number of fused-ring (bicyclic) bond motifs is 1. The third kappa shape index (κ3) is 5.02. The van der Waals surface area contributed by atoms with Gasteiger partial charge in [-0.25, -0.2) is 4.21 Å². The molecule has 26 heavy (non-hydrogen) atoms. The van der Waals surface area contributed by atoms with Crippen molar-refractivity contribution in [2.24, 2.45) is 5.92 Å². The van der Waals surface area contributed by atoms with E-state index >= 15 is 0 Å². The topological polar surface area (TPSA) is 71.1 Å². The molecule has 1 aliphatic rings. The van der Waals surface area contributed by atoms with E-state index < -0.39 is 11.0 Å². The van der Waals surface area contributed by atoms with Crippen LogP contribution in [0.4, 0.5) is 5.69 Å². The van der Waals surface area contributed by atoms with Crippen molar-refractivity contribution in [1.82, 2.24) is 9.71 Å². The lowest BCUT2D eigenvalue weighted by atomic mass is 10.2. The highest BCUT2D eigenvalue weighted by Crippen LogP contribution is 2.29. The summed E-state index contributed by atoms with van der Waals surface area (Å²) in [6.45, 7) is 2.80. The van der Waals surface area contributed by atoms with Crippen molar-refractivity contribution < 1.29 is 4.21 Å². The Morgan fingerprint density at radius 3 is 2.85 bits per heavy atom. The second-order valence-electron chi connectivity index (χ2n) is 6.46. The van der Waals surface area contributed by atoms with Gasteiger partial charge in [0.15, 0.2) is 5.43 Å². The average molecular weight is 369 g/mol. The molecule has 0 amide bonds. The first-order valence-corrected chi connectivity index (χ1v) is 10.2. The lowest BCUT2D eigenvalue weighted by Crippen LogP contribution is -2.13. The summed E-state index contributed by atoms with van der Waals surface area (Å²) >= 11 is 0. The minimum atomic E-state index is -1.14. The van der Waals surface area contributed by atoms with Crippen LogP contribution in [0.15, 0.2) is 53.1 Å². The third-order valence-electron chi connectivity index (χ3n) is 4.24. The first-order valence-electron chi connectivity index (χ1n) is 8.67. The lowest BCUT2D eigenvalue weighted by molar-refractivity contribution is 0.682. The molecule has 1 aromatic heterocycles. The van der Waals surface area contributed by atoms with E-state index in [-0.39, 0.29) is 5.43 Å². The van der Waals surface area contributed by atoms with Crippen LogP contribution in [0.25, 0.3) is 17.0 Å². The summed E-state index contributed by atoms with van der Waals surface area (Å²) in [6.07, 6.45) is 11.4. The van der Waals surface area contributed by atoms with Gasteiger partial charge in [0.2, 0.25) is 0 Å². The molecule has 0 aliphatic heterocycles. The molecule has 5 nitrogen and oxygen atoms in total. The van der Waals surface area contributed by atoms with E-state index in [1.165, 1.54) is 12.8 Å². The van der Waals surface area contributed by atoms with Crippen LogP contribution in [0.3, 0.4) is 0 Å². The van der Waals surface area contributed by atoms with E-state index in [4.69, 9.17) is 0 Å². The molecule has 0 saturated heterocycles. The molecule has 0 spiro atoms. The molecule has 2 N–H and O–H groups in total. The molecular formula is C20H23N3O2S. The molecule has 0 radical (unpaired) electrons. The van der Waals surface area contributed by atoms with Crippen LogP contribution in [0, 0.1) is 5.92 Å². The van der Waals surface area contributed by atoms with Crippen molar-refractivity contribution in [2.45, 2.75) is 19.8 Å². The highest BCUT2D eigenvalue weighted by molar-refractivity contribution is 7.82. The zero-order valence-electron chi connectivity index (χ0n) is 15.0. The molecule has 1 heterocycles. The van der Waals surface area contributed by atoms with Crippen LogP contribution in [0.2, 0.25) is 0 Å². The highest BCUT2D eigenvalue weighted by atomic mass is 32.2. The van der Waals surface area contributed by atoms with Gasteiger partial charge in [0.1, 0.15) is 11.0 Å². The Kier molecular flexibility index (Phi) is 5.83. The number of nitrogens with one attached hydrogen (secondary N) is 2. The smallest absolute Gasteiger partial charge is 0.188 e. The van der Waals surface area contributed by atoms with Gasteiger partial charge in [0.25, 0.3) is 0 Å². The largest absolute Gasteiger partial charge is 0.384 e. The zero-order chi connectivity index (χ0) is 18.5. The minimum absolute atomic E-state index is 0.0683. The summed E-state index contributed by atoms with van der Waals surface area (Å²) in [5, 5.41) is 3.96. The Morgan fingerprint density at radius 1 is 1.35 bits per heavy atom. The maximum absolute atomic E-state index is 12.6. The van der Waals surface area contributed by atoms with Crippen LogP contribution in [-0.4, -0.2) is 22.0 Å². The third-order valence-corrected chi connectivity index (χ3v) is 4.76. The van der Waals surface area contributed by atoms with Gasteiger partial charge < -0.3 is 10.0 Å². The Hall–Kier alpha value is -2.47. The summed E-state index contributed by atoms with van der Waals surface area (Å²) in [5.74, 6) is 0.757. The van der Waals surface area contributed by atoms with Gasteiger partial charge in [-0.05, 0) is 55.5 Å². The maximum atomic E-state index is 12.6. The second-order valence-corrected chi connectivity index (χ2v) is 7.57. The Labute approximate surface area is 155 Å². The Balaban J connectivity index is 1.87. The number of hydrogen-bond acceptors (Lipinski definition) is 4. The maximum Gasteiger partial charge on any atom is 0.188 e. The number of aromatic nitrogens is 1. The van der Waals surface area contributed by atoms with E-state index in [0.717, 1.165) is 29.4 Å². The molecule has 1 aromatic carbocycles. The van der Waals surface area contributed by atoms with Crippen LogP contribution >= 0.6 is 0 Å². The molecular weight excluding hydrogens is 346 g/mol. The van der Waals surface area contributed by atoms with Crippen molar-refractivity contribution >= 4 is 33.7 Å². The Bertz CT molecular complexity index is 949. The number of anilines is 1. The second kappa shape index (κ2) is 8.27. The zero-order valence-corrected chi connectivity index (χ0v) is 15.8. The van der Waals surface area contributed by atoms with Gasteiger partial charge in [0, 0.05) is 23.9 Å². The molecule has 6 heteroatoms. The van der Waals surface area contributed by atoms with E-state index in [2.05, 4.69) is 15.0 Å². The van der Waals surface area contributed by atoms with Crippen molar-refractivity contribution in [2.75, 3.05) is 18.1 Å². The molecule has 1 aliphatic carbocycles. The number of rotatable bonds is 7. The van der Waals surface area contributed by atoms with Crippen molar-refractivity contribution in [3.05, 3.63) is 64.1 Å². The predicted molar refractivity (Wildman–Crippen MR) is 109 cm³/mol. The Morgan fingerprint density at radius 2 is 2.15 bits per heavy atom.